The number of nitrogens with two attached hydrogens (primary N) is 1. The van der Waals surface area contributed by atoms with Gasteiger partial charge in [-0.05, 0) is 24.3 Å². The third-order valence-corrected chi connectivity index (χ3v) is 3.90. The fraction of sp³-hybridized carbons (Fsp3) is 0.353. The van der Waals surface area contributed by atoms with Gasteiger partial charge in [-0.1, -0.05) is 49.2 Å². The van der Waals surface area contributed by atoms with Crippen molar-refractivity contribution in [1.29, 1.82) is 0 Å². The summed E-state index contributed by atoms with van der Waals surface area (Å²) in [5.74, 6) is -0.663. The van der Waals surface area contributed by atoms with Gasteiger partial charge in [0.15, 0.2) is 0 Å². The maximum Gasteiger partial charge on any atom is 0.308 e. The van der Waals surface area contributed by atoms with E-state index in [1.165, 1.54) is 0 Å². The van der Waals surface area contributed by atoms with Gasteiger partial charge in [0.25, 0.3) is 0 Å². The molecule has 3 rings (SSSR count). The molecule has 112 valence electrons. The SMILES string of the molecule is NC1CCCCC1C(=O)O.Oc1cccc2ccccc12. The lowest BCUT2D eigenvalue weighted by Crippen LogP contribution is -2.37. The van der Waals surface area contributed by atoms with Crippen LogP contribution in [0.3, 0.4) is 0 Å². The largest absolute Gasteiger partial charge is 0.507 e. The van der Waals surface area contributed by atoms with Gasteiger partial charge in [0.2, 0.25) is 0 Å². The van der Waals surface area contributed by atoms with E-state index in [-0.39, 0.29) is 12.0 Å². The van der Waals surface area contributed by atoms with E-state index in [1.807, 2.05) is 36.4 Å². The minimum Gasteiger partial charge on any atom is -0.507 e. The predicted molar refractivity (Wildman–Crippen MR) is 83.2 cm³/mol. The van der Waals surface area contributed by atoms with Crippen LogP contribution in [0.25, 0.3) is 10.8 Å². The second-order valence-corrected chi connectivity index (χ2v) is 5.39. The van der Waals surface area contributed by atoms with Crippen LogP contribution in [0, 0.1) is 5.92 Å². The number of aliphatic carboxylic acids is 1. The summed E-state index contributed by atoms with van der Waals surface area (Å²) in [5, 5.41) is 20.0. The summed E-state index contributed by atoms with van der Waals surface area (Å²) in [6.07, 6.45) is 3.74. The standard InChI is InChI=1S/C10H8O.C7H13NO2/c11-10-7-3-5-8-4-1-2-6-9(8)10;8-6-4-2-1-3-5(6)7(9)10/h1-7,11H;5-6H,1-4,8H2,(H,9,10). The number of fused-ring (bicyclic) bond motifs is 1. The van der Waals surface area contributed by atoms with E-state index in [4.69, 9.17) is 10.8 Å². The Bertz CT molecular complexity index is 607. The molecular formula is C17H21NO3. The summed E-state index contributed by atoms with van der Waals surface area (Å²) in [6, 6.07) is 13.2. The fourth-order valence-electron chi connectivity index (χ4n) is 2.67. The molecule has 0 aromatic heterocycles. The topological polar surface area (TPSA) is 83.6 Å². The highest BCUT2D eigenvalue weighted by Crippen LogP contribution is 2.23. The summed E-state index contributed by atoms with van der Waals surface area (Å²) in [6.45, 7) is 0. The summed E-state index contributed by atoms with van der Waals surface area (Å²) in [5.41, 5.74) is 5.60. The van der Waals surface area contributed by atoms with Crippen LogP contribution in [0.5, 0.6) is 5.75 Å². The Morgan fingerprint density at radius 1 is 1.05 bits per heavy atom. The van der Waals surface area contributed by atoms with Gasteiger partial charge in [-0.15, -0.1) is 0 Å². The van der Waals surface area contributed by atoms with E-state index < -0.39 is 5.97 Å². The summed E-state index contributed by atoms with van der Waals surface area (Å²) < 4.78 is 0. The summed E-state index contributed by atoms with van der Waals surface area (Å²) >= 11 is 0. The molecule has 2 atom stereocenters. The molecule has 4 heteroatoms. The van der Waals surface area contributed by atoms with E-state index in [0.29, 0.717) is 5.75 Å². The average molecular weight is 287 g/mol. The number of carbonyl (C=O) groups is 1. The van der Waals surface area contributed by atoms with Gasteiger partial charge in [-0.3, -0.25) is 4.79 Å². The first-order valence-corrected chi connectivity index (χ1v) is 7.24. The molecule has 0 bridgehead atoms. The number of carboxylic acid groups (broad SMARTS) is 1. The zero-order valence-corrected chi connectivity index (χ0v) is 11.9. The van der Waals surface area contributed by atoms with Crippen LogP contribution in [0.1, 0.15) is 25.7 Å². The second kappa shape index (κ2) is 7.09. The van der Waals surface area contributed by atoms with E-state index in [0.717, 1.165) is 36.5 Å². The van der Waals surface area contributed by atoms with Crippen molar-refractivity contribution in [3.63, 3.8) is 0 Å². The quantitative estimate of drug-likeness (QED) is 0.752. The molecule has 4 nitrogen and oxygen atoms in total. The molecule has 0 heterocycles. The van der Waals surface area contributed by atoms with Gasteiger partial charge >= 0.3 is 5.97 Å². The van der Waals surface area contributed by atoms with E-state index in [2.05, 4.69) is 0 Å². The molecule has 2 unspecified atom stereocenters. The Labute approximate surface area is 124 Å². The molecule has 1 saturated carbocycles. The van der Waals surface area contributed by atoms with Gasteiger partial charge in [0, 0.05) is 11.4 Å². The molecule has 2 aromatic carbocycles. The van der Waals surface area contributed by atoms with Crippen LogP contribution in [0.2, 0.25) is 0 Å². The third-order valence-electron chi connectivity index (χ3n) is 3.90. The Morgan fingerprint density at radius 2 is 1.71 bits per heavy atom. The molecule has 1 aliphatic carbocycles. The maximum absolute atomic E-state index is 10.5. The maximum atomic E-state index is 10.5. The van der Waals surface area contributed by atoms with E-state index >= 15 is 0 Å². The Kier molecular flexibility index (Phi) is 5.17. The molecule has 0 amide bonds. The van der Waals surface area contributed by atoms with Crippen LogP contribution in [-0.2, 0) is 4.79 Å². The zero-order chi connectivity index (χ0) is 15.2. The number of rotatable bonds is 1. The number of benzene rings is 2. The first kappa shape index (κ1) is 15.3. The number of phenols is 1. The van der Waals surface area contributed by atoms with Crippen LogP contribution in [0.15, 0.2) is 42.5 Å². The van der Waals surface area contributed by atoms with Crippen LogP contribution < -0.4 is 5.73 Å². The van der Waals surface area contributed by atoms with Crippen LogP contribution in [-0.4, -0.2) is 22.2 Å². The lowest BCUT2D eigenvalue weighted by Gasteiger charge is -2.24. The first-order valence-electron chi connectivity index (χ1n) is 7.24. The minimum atomic E-state index is -0.729. The van der Waals surface area contributed by atoms with Crippen molar-refractivity contribution in [2.75, 3.05) is 0 Å². The number of phenolic OH excluding ortho intramolecular Hbond substituents is 1. The highest BCUT2D eigenvalue weighted by atomic mass is 16.4. The Hall–Kier alpha value is -2.07. The molecule has 21 heavy (non-hydrogen) atoms. The molecule has 4 N–H and O–H groups in total. The number of aromatic hydroxyl groups is 1. The lowest BCUT2D eigenvalue weighted by molar-refractivity contribution is -0.143. The number of hydrogen-bond donors (Lipinski definition) is 3. The van der Waals surface area contributed by atoms with Crippen molar-refractivity contribution in [2.24, 2.45) is 11.7 Å². The van der Waals surface area contributed by atoms with Crippen molar-refractivity contribution in [3.05, 3.63) is 42.5 Å². The highest BCUT2D eigenvalue weighted by molar-refractivity contribution is 5.87. The van der Waals surface area contributed by atoms with Gasteiger partial charge in [-0.25, -0.2) is 0 Å². The smallest absolute Gasteiger partial charge is 0.308 e. The average Bonchev–Trinajstić information content (AvgIpc) is 2.49. The molecule has 0 aliphatic heterocycles. The molecule has 0 radical (unpaired) electrons. The minimum absolute atomic E-state index is 0.105. The normalized spacial score (nSPS) is 21.4. The zero-order valence-electron chi connectivity index (χ0n) is 11.9. The third kappa shape index (κ3) is 3.95. The lowest BCUT2D eigenvalue weighted by atomic mass is 9.85. The van der Waals surface area contributed by atoms with Crippen LogP contribution in [0.4, 0.5) is 0 Å². The van der Waals surface area contributed by atoms with Gasteiger partial charge in [-0.2, -0.15) is 0 Å². The van der Waals surface area contributed by atoms with Gasteiger partial charge in [0.1, 0.15) is 5.75 Å². The van der Waals surface area contributed by atoms with E-state index in [1.54, 1.807) is 6.07 Å². The monoisotopic (exact) mass is 287 g/mol. The Balaban J connectivity index is 0.000000155. The first-order chi connectivity index (χ1) is 10.1. The van der Waals surface area contributed by atoms with Gasteiger partial charge in [0.05, 0.1) is 5.92 Å². The van der Waals surface area contributed by atoms with Crippen molar-refractivity contribution in [2.45, 2.75) is 31.7 Å². The van der Waals surface area contributed by atoms with E-state index in [9.17, 15) is 9.90 Å². The van der Waals surface area contributed by atoms with Gasteiger partial charge < -0.3 is 15.9 Å². The summed E-state index contributed by atoms with van der Waals surface area (Å²) in [4.78, 5) is 10.5. The van der Waals surface area contributed by atoms with Crippen molar-refractivity contribution >= 4 is 16.7 Å². The van der Waals surface area contributed by atoms with Crippen molar-refractivity contribution in [3.8, 4) is 5.75 Å². The molecule has 0 spiro atoms. The highest BCUT2D eigenvalue weighted by Gasteiger charge is 2.27. The molecule has 2 aromatic rings. The number of carboxylic acids is 1. The van der Waals surface area contributed by atoms with Crippen molar-refractivity contribution in [1.82, 2.24) is 0 Å². The van der Waals surface area contributed by atoms with Crippen molar-refractivity contribution < 1.29 is 15.0 Å². The molecule has 1 fully saturated rings. The molecule has 1 aliphatic rings. The summed E-state index contributed by atoms with van der Waals surface area (Å²) in [7, 11) is 0. The molecule has 0 saturated heterocycles. The number of hydrogen-bond acceptors (Lipinski definition) is 3. The predicted octanol–water partition coefficient (Wildman–Crippen LogP) is 3.13. The second-order valence-electron chi connectivity index (χ2n) is 5.39. The molecular weight excluding hydrogens is 266 g/mol. The Morgan fingerprint density at radius 3 is 2.33 bits per heavy atom. The fourth-order valence-corrected chi connectivity index (χ4v) is 2.67. The van der Waals surface area contributed by atoms with Crippen LogP contribution >= 0.6 is 0 Å².